The quantitative estimate of drug-likeness (QED) is 0.646. The van der Waals surface area contributed by atoms with E-state index < -0.39 is 4.92 Å². The van der Waals surface area contributed by atoms with Gasteiger partial charge in [0.25, 0.3) is 5.69 Å². The summed E-state index contributed by atoms with van der Waals surface area (Å²) in [4.78, 5) is 16.5. The maximum absolute atomic E-state index is 10.8. The molecule has 0 aromatic carbocycles. The van der Waals surface area contributed by atoms with Crippen LogP contribution in [0.1, 0.15) is 12.5 Å². The van der Waals surface area contributed by atoms with E-state index in [1.165, 1.54) is 6.20 Å². The Labute approximate surface area is 111 Å². The molecule has 0 radical (unpaired) electrons. The normalized spacial score (nSPS) is 23.4. The number of aliphatic hydroxyl groups is 1. The average Bonchev–Trinajstić information content (AvgIpc) is 2.38. The highest BCUT2D eigenvalue weighted by molar-refractivity contribution is 5.49. The number of aromatic nitrogens is 1. The fourth-order valence-electron chi connectivity index (χ4n) is 2.13. The lowest BCUT2D eigenvalue weighted by atomic mass is 10.1. The first kappa shape index (κ1) is 13.7. The molecule has 1 N–H and O–H groups in total. The Balaban J connectivity index is 2.25. The number of nitro groups is 1. The molecule has 19 heavy (non-hydrogen) atoms. The summed E-state index contributed by atoms with van der Waals surface area (Å²) in [6, 6.07) is 1.82. The topological polar surface area (TPSA) is 88.7 Å². The predicted octanol–water partition coefficient (Wildman–Crippen LogP) is 0.884. The van der Waals surface area contributed by atoms with Crippen LogP contribution in [-0.4, -0.2) is 46.9 Å². The highest BCUT2D eigenvalue weighted by Gasteiger charge is 2.27. The van der Waals surface area contributed by atoms with Crippen molar-refractivity contribution in [3.8, 4) is 0 Å². The van der Waals surface area contributed by atoms with Gasteiger partial charge in [-0.2, -0.15) is 0 Å². The number of aryl methyl sites for hydroxylation is 1. The minimum atomic E-state index is -0.439. The Bertz CT molecular complexity index is 480. The van der Waals surface area contributed by atoms with Gasteiger partial charge in [-0.25, -0.2) is 4.98 Å². The third-order valence-electron chi connectivity index (χ3n) is 3.27. The van der Waals surface area contributed by atoms with Gasteiger partial charge in [0.2, 0.25) is 0 Å². The van der Waals surface area contributed by atoms with E-state index in [1.54, 1.807) is 13.0 Å². The molecule has 7 nitrogen and oxygen atoms in total. The zero-order chi connectivity index (χ0) is 14.0. The number of anilines is 1. The van der Waals surface area contributed by atoms with Gasteiger partial charge in [-0.1, -0.05) is 0 Å². The molecule has 1 fully saturated rings. The number of hydrogen-bond acceptors (Lipinski definition) is 6. The van der Waals surface area contributed by atoms with Crippen LogP contribution in [0.3, 0.4) is 0 Å². The monoisotopic (exact) mass is 267 g/mol. The minimum Gasteiger partial charge on any atom is -0.394 e. The molecule has 2 unspecified atom stereocenters. The fraction of sp³-hybridized carbons (Fsp3) is 0.583. The molecule has 1 aromatic rings. The van der Waals surface area contributed by atoms with Gasteiger partial charge >= 0.3 is 0 Å². The summed E-state index contributed by atoms with van der Waals surface area (Å²) in [7, 11) is 0. The van der Waals surface area contributed by atoms with E-state index in [1.807, 2.05) is 11.8 Å². The van der Waals surface area contributed by atoms with Crippen LogP contribution < -0.4 is 4.90 Å². The molecular weight excluding hydrogens is 250 g/mol. The Morgan fingerprint density at radius 3 is 3.00 bits per heavy atom. The first-order valence-corrected chi connectivity index (χ1v) is 6.13. The second-order valence-corrected chi connectivity index (χ2v) is 4.73. The zero-order valence-corrected chi connectivity index (χ0v) is 10.9. The van der Waals surface area contributed by atoms with Crippen molar-refractivity contribution in [2.24, 2.45) is 0 Å². The van der Waals surface area contributed by atoms with Gasteiger partial charge in [0.15, 0.2) is 0 Å². The van der Waals surface area contributed by atoms with E-state index in [9.17, 15) is 10.1 Å². The molecule has 1 aliphatic rings. The minimum absolute atomic E-state index is 0.0170. The van der Waals surface area contributed by atoms with Gasteiger partial charge in [0, 0.05) is 12.1 Å². The van der Waals surface area contributed by atoms with Crippen molar-refractivity contribution in [1.29, 1.82) is 0 Å². The van der Waals surface area contributed by atoms with Crippen molar-refractivity contribution in [3.05, 3.63) is 27.9 Å². The maximum atomic E-state index is 10.8. The molecule has 1 aromatic heterocycles. The molecule has 1 saturated heterocycles. The van der Waals surface area contributed by atoms with Crippen LogP contribution in [0.4, 0.5) is 11.5 Å². The number of rotatable bonds is 3. The van der Waals surface area contributed by atoms with E-state index in [4.69, 9.17) is 9.84 Å². The molecule has 104 valence electrons. The van der Waals surface area contributed by atoms with Gasteiger partial charge in [-0.3, -0.25) is 10.1 Å². The predicted molar refractivity (Wildman–Crippen MR) is 69.3 cm³/mol. The van der Waals surface area contributed by atoms with Crippen LogP contribution in [0.2, 0.25) is 0 Å². The second-order valence-electron chi connectivity index (χ2n) is 4.73. The molecule has 2 heterocycles. The SMILES string of the molecule is Cc1cc(N2CC(CO)OCC2C)ncc1[N+](=O)[O-]. The smallest absolute Gasteiger partial charge is 0.290 e. The van der Waals surface area contributed by atoms with Crippen molar-refractivity contribution in [1.82, 2.24) is 4.98 Å². The lowest BCUT2D eigenvalue weighted by Crippen LogP contribution is -2.50. The van der Waals surface area contributed by atoms with E-state index in [-0.39, 0.29) is 24.4 Å². The third kappa shape index (κ3) is 2.82. The van der Waals surface area contributed by atoms with Crippen LogP contribution >= 0.6 is 0 Å². The zero-order valence-electron chi connectivity index (χ0n) is 10.9. The standard InChI is InChI=1S/C12H17N3O4/c1-8-3-12(13-4-11(8)15(17)18)14-5-10(6-16)19-7-9(14)2/h3-4,9-10,16H,5-7H2,1-2H3. The van der Waals surface area contributed by atoms with E-state index in [0.29, 0.717) is 24.5 Å². The number of pyridine rings is 1. The first-order valence-electron chi connectivity index (χ1n) is 6.13. The second kappa shape index (κ2) is 5.50. The van der Waals surface area contributed by atoms with Gasteiger partial charge in [0.05, 0.1) is 30.3 Å². The summed E-state index contributed by atoms with van der Waals surface area (Å²) < 4.78 is 5.46. The number of aliphatic hydroxyl groups excluding tert-OH is 1. The molecule has 0 spiro atoms. The fourth-order valence-corrected chi connectivity index (χ4v) is 2.13. The summed E-state index contributed by atoms with van der Waals surface area (Å²) in [6.45, 7) is 4.67. The lowest BCUT2D eigenvalue weighted by molar-refractivity contribution is -0.385. The van der Waals surface area contributed by atoms with Crippen LogP contribution in [-0.2, 0) is 4.74 Å². The Kier molecular flexibility index (Phi) is 3.96. The van der Waals surface area contributed by atoms with Crippen LogP contribution in [0.15, 0.2) is 12.3 Å². The number of hydrogen-bond donors (Lipinski definition) is 1. The molecule has 2 atom stereocenters. The van der Waals surface area contributed by atoms with E-state index >= 15 is 0 Å². The highest BCUT2D eigenvalue weighted by Crippen LogP contribution is 2.24. The van der Waals surface area contributed by atoms with Crippen LogP contribution in [0, 0.1) is 17.0 Å². The largest absolute Gasteiger partial charge is 0.394 e. The summed E-state index contributed by atoms with van der Waals surface area (Å²) in [6.07, 6.45) is 1.04. The highest BCUT2D eigenvalue weighted by atomic mass is 16.6. The molecule has 2 rings (SSSR count). The van der Waals surface area contributed by atoms with E-state index in [0.717, 1.165) is 0 Å². The Hall–Kier alpha value is -1.73. The van der Waals surface area contributed by atoms with Gasteiger partial charge in [-0.05, 0) is 19.9 Å². The lowest BCUT2D eigenvalue weighted by Gasteiger charge is -2.38. The molecule has 0 bridgehead atoms. The maximum Gasteiger partial charge on any atom is 0.290 e. The summed E-state index contributed by atoms with van der Waals surface area (Å²) >= 11 is 0. The number of ether oxygens (including phenoxy) is 1. The van der Waals surface area contributed by atoms with Crippen molar-refractivity contribution >= 4 is 11.5 Å². The van der Waals surface area contributed by atoms with Crippen molar-refractivity contribution in [2.45, 2.75) is 26.0 Å². The molecule has 0 amide bonds. The summed E-state index contributed by atoms with van der Waals surface area (Å²) in [5.74, 6) is 0.678. The van der Waals surface area contributed by atoms with Crippen molar-refractivity contribution in [3.63, 3.8) is 0 Å². The van der Waals surface area contributed by atoms with Gasteiger partial charge < -0.3 is 14.7 Å². The number of nitrogens with zero attached hydrogens (tertiary/aromatic N) is 3. The van der Waals surface area contributed by atoms with Crippen molar-refractivity contribution < 1.29 is 14.8 Å². The average molecular weight is 267 g/mol. The molecular formula is C12H17N3O4. The van der Waals surface area contributed by atoms with Gasteiger partial charge in [-0.15, -0.1) is 0 Å². The Morgan fingerprint density at radius 2 is 2.42 bits per heavy atom. The molecule has 0 aliphatic carbocycles. The summed E-state index contributed by atoms with van der Waals surface area (Å²) in [5.41, 5.74) is 0.595. The Morgan fingerprint density at radius 1 is 1.68 bits per heavy atom. The van der Waals surface area contributed by atoms with Crippen LogP contribution in [0.25, 0.3) is 0 Å². The van der Waals surface area contributed by atoms with Crippen LogP contribution in [0.5, 0.6) is 0 Å². The number of morpholine rings is 1. The summed E-state index contributed by atoms with van der Waals surface area (Å²) in [5, 5.41) is 19.9. The van der Waals surface area contributed by atoms with Crippen molar-refractivity contribution in [2.75, 3.05) is 24.7 Å². The third-order valence-corrected chi connectivity index (χ3v) is 3.27. The van der Waals surface area contributed by atoms with Gasteiger partial charge in [0.1, 0.15) is 12.0 Å². The molecule has 1 aliphatic heterocycles. The molecule has 0 saturated carbocycles. The first-order chi connectivity index (χ1) is 9.02. The van der Waals surface area contributed by atoms with E-state index in [2.05, 4.69) is 4.98 Å². The molecule has 7 heteroatoms.